The van der Waals surface area contributed by atoms with Crippen molar-refractivity contribution in [2.24, 2.45) is 0 Å². The number of nitrogens with one attached hydrogen (secondary N) is 1. The normalized spacial score (nSPS) is 11.5. The van der Waals surface area contributed by atoms with Gasteiger partial charge >= 0.3 is 0 Å². The van der Waals surface area contributed by atoms with Gasteiger partial charge in [0.15, 0.2) is 0 Å². The topological polar surface area (TPSA) is 59.8 Å². The van der Waals surface area contributed by atoms with E-state index in [0.29, 0.717) is 34.8 Å². The van der Waals surface area contributed by atoms with Gasteiger partial charge in [-0.05, 0) is 57.0 Å². The quantitative estimate of drug-likeness (QED) is 0.455. The molecule has 0 bridgehead atoms. The number of aryl methyl sites for hydroxylation is 3. The molecule has 4 rings (SSSR count). The monoisotopic (exact) mass is 410 g/mol. The first-order valence-electron chi connectivity index (χ1n) is 9.75. The average molecular weight is 411 g/mol. The second-order valence-electron chi connectivity index (χ2n) is 7.22. The Kier molecular flexibility index (Phi) is 5.08. The minimum absolute atomic E-state index is 0.198. The molecule has 0 fully saturated rings. The summed E-state index contributed by atoms with van der Waals surface area (Å²) < 4.78 is 15.0. The van der Waals surface area contributed by atoms with Gasteiger partial charge < -0.3 is 5.32 Å². The predicted octanol–water partition coefficient (Wildman–Crippen LogP) is 5.27. The molecule has 3 heterocycles. The lowest BCUT2D eigenvalue weighted by molar-refractivity contribution is 0.627. The van der Waals surface area contributed by atoms with E-state index in [1.54, 1.807) is 23.5 Å². The summed E-state index contributed by atoms with van der Waals surface area (Å²) in [6.07, 6.45) is 1.98. The molecule has 0 amide bonds. The van der Waals surface area contributed by atoms with Crippen LogP contribution in [0.4, 0.5) is 10.3 Å². The number of anilines is 1. The minimum Gasteiger partial charge on any atom is -0.355 e. The lowest BCUT2D eigenvalue weighted by Crippen LogP contribution is -2.25. The van der Waals surface area contributed by atoms with Crippen LogP contribution >= 0.6 is 11.3 Å². The van der Waals surface area contributed by atoms with Crippen LogP contribution < -0.4 is 10.9 Å². The molecule has 29 heavy (non-hydrogen) atoms. The van der Waals surface area contributed by atoms with Crippen molar-refractivity contribution >= 4 is 38.4 Å². The third kappa shape index (κ3) is 3.29. The standard InChI is InChI=1S/C22H23FN4OS/c1-5-6-11-24-22-26-19-17-12(2)14(4)29-20(17)25-13(3)18(19)21(28)27(22)16-9-7-15(23)8-10-16/h7-10H,5-6,11H2,1-4H3,(H,24,26). The van der Waals surface area contributed by atoms with Gasteiger partial charge in [-0.3, -0.25) is 4.79 Å². The molecule has 150 valence electrons. The van der Waals surface area contributed by atoms with Crippen LogP contribution in [0.2, 0.25) is 0 Å². The number of halogens is 1. The Morgan fingerprint density at radius 3 is 2.52 bits per heavy atom. The van der Waals surface area contributed by atoms with Crippen LogP contribution in [0.15, 0.2) is 29.1 Å². The van der Waals surface area contributed by atoms with Crippen LogP contribution in [0, 0.1) is 26.6 Å². The molecule has 0 aliphatic carbocycles. The molecule has 4 aromatic rings. The molecule has 0 unspecified atom stereocenters. The zero-order valence-corrected chi connectivity index (χ0v) is 17.8. The second kappa shape index (κ2) is 7.55. The molecule has 1 aromatic carbocycles. The van der Waals surface area contributed by atoms with Crippen molar-refractivity contribution in [1.82, 2.24) is 14.5 Å². The predicted molar refractivity (Wildman–Crippen MR) is 118 cm³/mol. The first-order chi connectivity index (χ1) is 13.9. The van der Waals surface area contributed by atoms with Crippen molar-refractivity contribution in [3.63, 3.8) is 0 Å². The highest BCUT2D eigenvalue weighted by Gasteiger charge is 2.20. The van der Waals surface area contributed by atoms with Gasteiger partial charge in [-0.25, -0.2) is 18.9 Å². The summed E-state index contributed by atoms with van der Waals surface area (Å²) in [6, 6.07) is 5.89. The molecule has 0 aliphatic rings. The lowest BCUT2D eigenvalue weighted by Gasteiger charge is -2.16. The Morgan fingerprint density at radius 1 is 1.10 bits per heavy atom. The maximum absolute atomic E-state index is 13.6. The first-order valence-corrected chi connectivity index (χ1v) is 10.6. The fraction of sp³-hybridized carbons (Fsp3) is 0.318. The van der Waals surface area contributed by atoms with Crippen LogP contribution in [-0.2, 0) is 0 Å². The minimum atomic E-state index is -0.347. The summed E-state index contributed by atoms with van der Waals surface area (Å²) in [7, 11) is 0. The second-order valence-corrected chi connectivity index (χ2v) is 8.42. The summed E-state index contributed by atoms with van der Waals surface area (Å²) in [5.74, 6) is 0.123. The molecule has 7 heteroatoms. The molecule has 0 atom stereocenters. The van der Waals surface area contributed by atoms with Gasteiger partial charge in [0.1, 0.15) is 10.6 Å². The van der Waals surface area contributed by atoms with E-state index >= 15 is 0 Å². The molecule has 5 nitrogen and oxygen atoms in total. The van der Waals surface area contributed by atoms with Crippen molar-refractivity contribution < 1.29 is 4.39 Å². The number of fused-ring (bicyclic) bond motifs is 3. The number of benzene rings is 1. The molecular formula is C22H23FN4OS. The summed E-state index contributed by atoms with van der Waals surface area (Å²) in [5, 5.41) is 4.76. The van der Waals surface area contributed by atoms with Gasteiger partial charge in [0.05, 0.1) is 22.3 Å². The van der Waals surface area contributed by atoms with E-state index in [1.165, 1.54) is 21.6 Å². The Labute approximate surface area is 172 Å². The van der Waals surface area contributed by atoms with Crippen LogP contribution in [0.3, 0.4) is 0 Å². The zero-order valence-electron chi connectivity index (χ0n) is 17.0. The molecule has 0 radical (unpaired) electrons. The van der Waals surface area contributed by atoms with E-state index in [0.717, 1.165) is 28.6 Å². The van der Waals surface area contributed by atoms with Gasteiger partial charge in [0, 0.05) is 16.8 Å². The van der Waals surface area contributed by atoms with E-state index in [2.05, 4.69) is 24.1 Å². The third-order valence-corrected chi connectivity index (χ3v) is 6.32. The van der Waals surface area contributed by atoms with E-state index in [9.17, 15) is 9.18 Å². The van der Waals surface area contributed by atoms with Gasteiger partial charge in [-0.1, -0.05) is 13.3 Å². The molecule has 0 saturated heterocycles. The van der Waals surface area contributed by atoms with Crippen LogP contribution in [0.25, 0.3) is 26.8 Å². The smallest absolute Gasteiger partial charge is 0.269 e. The highest BCUT2D eigenvalue weighted by atomic mass is 32.1. The number of pyridine rings is 1. The summed E-state index contributed by atoms with van der Waals surface area (Å²) in [6.45, 7) is 8.75. The summed E-state index contributed by atoms with van der Waals surface area (Å²) in [5.41, 5.74) is 2.81. The number of hydrogen-bond donors (Lipinski definition) is 1. The number of thiophene rings is 1. The Bertz CT molecular complexity index is 1270. The summed E-state index contributed by atoms with van der Waals surface area (Å²) >= 11 is 1.62. The van der Waals surface area contributed by atoms with E-state index < -0.39 is 0 Å². The number of unbranched alkanes of at least 4 members (excludes halogenated alkanes) is 1. The number of hydrogen-bond acceptors (Lipinski definition) is 5. The maximum atomic E-state index is 13.6. The largest absolute Gasteiger partial charge is 0.355 e. The Hall–Kier alpha value is -2.80. The van der Waals surface area contributed by atoms with E-state index in [1.807, 2.05) is 13.8 Å². The highest BCUT2D eigenvalue weighted by molar-refractivity contribution is 7.18. The van der Waals surface area contributed by atoms with Crippen LogP contribution in [-0.4, -0.2) is 21.1 Å². The molecule has 3 aromatic heterocycles. The van der Waals surface area contributed by atoms with Crippen LogP contribution in [0.5, 0.6) is 0 Å². The summed E-state index contributed by atoms with van der Waals surface area (Å²) in [4.78, 5) is 25.3. The highest BCUT2D eigenvalue weighted by Crippen LogP contribution is 2.34. The van der Waals surface area contributed by atoms with Crippen molar-refractivity contribution in [2.75, 3.05) is 11.9 Å². The fourth-order valence-corrected chi connectivity index (χ4v) is 4.61. The van der Waals surface area contributed by atoms with Gasteiger partial charge in [0.25, 0.3) is 5.56 Å². The van der Waals surface area contributed by atoms with Gasteiger partial charge in [-0.2, -0.15) is 0 Å². The van der Waals surface area contributed by atoms with Crippen molar-refractivity contribution in [3.05, 3.63) is 56.6 Å². The SMILES string of the molecule is CCCCNc1nc2c(c(C)nc3sc(C)c(C)c32)c(=O)n1-c1ccc(F)cc1. The van der Waals surface area contributed by atoms with Gasteiger partial charge in [0.2, 0.25) is 5.95 Å². The third-order valence-electron chi connectivity index (χ3n) is 5.22. The van der Waals surface area contributed by atoms with E-state index in [4.69, 9.17) is 4.98 Å². The van der Waals surface area contributed by atoms with Crippen molar-refractivity contribution in [3.8, 4) is 5.69 Å². The fourth-order valence-electron chi connectivity index (χ4n) is 3.53. The molecule has 0 aliphatic heterocycles. The molecular weight excluding hydrogens is 387 g/mol. The number of rotatable bonds is 5. The molecule has 1 N–H and O–H groups in total. The zero-order chi connectivity index (χ0) is 20.7. The maximum Gasteiger partial charge on any atom is 0.269 e. The molecule has 0 saturated carbocycles. The Morgan fingerprint density at radius 2 is 1.83 bits per heavy atom. The average Bonchev–Trinajstić information content (AvgIpc) is 2.96. The van der Waals surface area contributed by atoms with E-state index in [-0.39, 0.29) is 11.4 Å². The number of nitrogens with zero attached hydrogens (tertiary/aromatic N) is 3. The Balaban J connectivity index is 2.09. The first kappa shape index (κ1) is 19.5. The number of aromatic nitrogens is 3. The molecule has 0 spiro atoms. The van der Waals surface area contributed by atoms with Crippen LogP contribution in [0.1, 0.15) is 35.9 Å². The lowest BCUT2D eigenvalue weighted by atomic mass is 10.1. The van der Waals surface area contributed by atoms with Crippen molar-refractivity contribution in [1.29, 1.82) is 0 Å². The van der Waals surface area contributed by atoms with Crippen molar-refractivity contribution in [2.45, 2.75) is 40.5 Å². The van der Waals surface area contributed by atoms with Gasteiger partial charge in [-0.15, -0.1) is 11.3 Å².